The van der Waals surface area contributed by atoms with Gasteiger partial charge in [-0.2, -0.15) is 13.2 Å². The van der Waals surface area contributed by atoms with Gasteiger partial charge < -0.3 is 10.3 Å². The number of rotatable bonds is 2. The predicted octanol–water partition coefficient (Wildman–Crippen LogP) is 4.15. The Balaban J connectivity index is 2.06. The number of allylic oxidation sites excluding steroid dienone is 1. The van der Waals surface area contributed by atoms with Crippen LogP contribution in [-0.4, -0.2) is 10.1 Å². The number of hydrogen-bond acceptors (Lipinski definition) is 3. The average molecular weight is 346 g/mol. The van der Waals surface area contributed by atoms with Crippen molar-refractivity contribution in [3.05, 3.63) is 71.0 Å². The molecule has 0 atom stereocenters. The van der Waals surface area contributed by atoms with E-state index in [1.54, 1.807) is 19.1 Å². The first-order valence-electron chi connectivity index (χ1n) is 7.32. The number of nitrogens with zero attached hydrogens (tertiary/aromatic N) is 2. The van der Waals surface area contributed by atoms with Crippen LogP contribution in [0, 0.1) is 5.21 Å². The van der Waals surface area contributed by atoms with Gasteiger partial charge in [-0.25, -0.2) is 4.73 Å². The Morgan fingerprint density at radius 2 is 1.80 bits per heavy atom. The highest BCUT2D eigenvalue weighted by molar-refractivity contribution is 5.90. The van der Waals surface area contributed by atoms with Crippen LogP contribution in [0.4, 0.5) is 13.2 Å². The molecule has 0 unspecified atom stereocenters. The smallest absolute Gasteiger partial charge is 0.454 e. The topological polar surface area (TPSA) is 60.1 Å². The molecule has 25 heavy (non-hydrogen) atoms. The molecule has 1 N–H and O–H groups in total. The molecule has 0 aliphatic heterocycles. The van der Waals surface area contributed by atoms with Crippen LogP contribution >= 0.6 is 0 Å². The number of aromatic hydroxyl groups is 1. The zero-order valence-corrected chi connectivity index (χ0v) is 13.1. The van der Waals surface area contributed by atoms with Crippen molar-refractivity contribution in [3.8, 4) is 5.75 Å². The standard InChI is InChI=1S/C18H13F3N2O2/c1-11(15-9-17(18(19,20)21)23(25)10-22-15)6-14-7-12-4-2-3-5-13(12)8-16(14)24/h2-10,24H,1H3. The van der Waals surface area contributed by atoms with Crippen molar-refractivity contribution < 1.29 is 23.0 Å². The number of alkyl halides is 3. The monoisotopic (exact) mass is 346 g/mol. The van der Waals surface area contributed by atoms with Gasteiger partial charge in [0.25, 0.3) is 6.33 Å². The number of benzene rings is 2. The molecule has 3 rings (SSSR count). The lowest BCUT2D eigenvalue weighted by molar-refractivity contribution is -0.632. The zero-order valence-electron chi connectivity index (χ0n) is 13.1. The van der Waals surface area contributed by atoms with Gasteiger partial charge in [0, 0.05) is 17.2 Å². The molecule has 0 radical (unpaired) electrons. The fraction of sp³-hybridized carbons (Fsp3) is 0.111. The summed E-state index contributed by atoms with van der Waals surface area (Å²) in [5, 5.41) is 23.1. The van der Waals surface area contributed by atoms with E-state index in [4.69, 9.17) is 0 Å². The van der Waals surface area contributed by atoms with Crippen molar-refractivity contribution in [1.82, 2.24) is 4.98 Å². The third-order valence-electron chi connectivity index (χ3n) is 3.77. The lowest BCUT2D eigenvalue weighted by Crippen LogP contribution is -2.37. The molecule has 0 saturated heterocycles. The van der Waals surface area contributed by atoms with Crippen molar-refractivity contribution >= 4 is 22.4 Å². The van der Waals surface area contributed by atoms with Gasteiger partial charge in [0.2, 0.25) is 5.69 Å². The molecule has 128 valence electrons. The molecule has 3 aromatic rings. The van der Waals surface area contributed by atoms with Crippen LogP contribution in [0.25, 0.3) is 22.4 Å². The molecule has 0 aliphatic carbocycles. The summed E-state index contributed by atoms with van der Waals surface area (Å²) in [4.78, 5) is 3.74. The maximum absolute atomic E-state index is 12.8. The molecular formula is C18H13F3N2O2. The highest BCUT2D eigenvalue weighted by Gasteiger charge is 2.37. The zero-order chi connectivity index (χ0) is 18.2. The molecule has 0 fully saturated rings. The Morgan fingerprint density at radius 1 is 1.16 bits per heavy atom. The molecule has 7 heteroatoms. The van der Waals surface area contributed by atoms with Crippen LogP contribution in [0.2, 0.25) is 0 Å². The first-order valence-corrected chi connectivity index (χ1v) is 7.32. The molecule has 1 aromatic heterocycles. The van der Waals surface area contributed by atoms with Gasteiger partial charge in [-0.3, -0.25) is 0 Å². The number of fused-ring (bicyclic) bond motifs is 1. The summed E-state index contributed by atoms with van der Waals surface area (Å²) in [5.74, 6) is 0.00362. The Labute approximate surface area is 141 Å². The molecule has 0 aliphatic rings. The molecule has 0 bridgehead atoms. The van der Waals surface area contributed by atoms with Gasteiger partial charge in [-0.15, -0.1) is 0 Å². The molecular weight excluding hydrogens is 333 g/mol. The summed E-state index contributed by atoms with van der Waals surface area (Å²) in [5.41, 5.74) is -0.498. The molecule has 2 aromatic carbocycles. The highest BCUT2D eigenvalue weighted by atomic mass is 19.4. The Morgan fingerprint density at radius 3 is 2.44 bits per heavy atom. The summed E-state index contributed by atoms with van der Waals surface area (Å²) in [6, 6.07) is 11.4. The summed E-state index contributed by atoms with van der Waals surface area (Å²) in [6.07, 6.45) is -2.67. The fourth-order valence-corrected chi connectivity index (χ4v) is 2.50. The normalized spacial score (nSPS) is 12.6. The Bertz CT molecular complexity index is 982. The number of halogens is 3. The largest absolute Gasteiger partial charge is 0.711 e. The fourth-order valence-electron chi connectivity index (χ4n) is 2.50. The van der Waals surface area contributed by atoms with E-state index in [9.17, 15) is 23.5 Å². The van der Waals surface area contributed by atoms with E-state index in [0.717, 1.165) is 10.8 Å². The van der Waals surface area contributed by atoms with Gasteiger partial charge >= 0.3 is 6.18 Å². The van der Waals surface area contributed by atoms with Gasteiger partial charge in [-0.05, 0) is 40.9 Å². The maximum atomic E-state index is 12.8. The minimum absolute atomic E-state index is 0.00362. The minimum atomic E-state index is -4.77. The predicted molar refractivity (Wildman–Crippen MR) is 87.4 cm³/mol. The molecule has 4 nitrogen and oxygen atoms in total. The van der Waals surface area contributed by atoms with E-state index >= 15 is 0 Å². The van der Waals surface area contributed by atoms with Crippen LogP contribution in [0.1, 0.15) is 23.9 Å². The molecule has 0 amide bonds. The van der Waals surface area contributed by atoms with Crippen LogP contribution in [0.5, 0.6) is 5.75 Å². The number of aromatic nitrogens is 2. The van der Waals surface area contributed by atoms with Crippen molar-refractivity contribution in [2.24, 2.45) is 0 Å². The van der Waals surface area contributed by atoms with E-state index in [2.05, 4.69) is 4.98 Å². The average Bonchev–Trinajstić information content (AvgIpc) is 2.54. The number of hydrogen-bond donors (Lipinski definition) is 1. The first kappa shape index (κ1) is 16.8. The first-order chi connectivity index (χ1) is 11.8. The van der Waals surface area contributed by atoms with E-state index in [1.807, 2.05) is 24.3 Å². The van der Waals surface area contributed by atoms with Crippen molar-refractivity contribution in [2.75, 3.05) is 0 Å². The van der Waals surface area contributed by atoms with Gasteiger partial charge in [0.1, 0.15) is 5.75 Å². The molecule has 0 spiro atoms. The van der Waals surface area contributed by atoms with E-state index in [0.29, 0.717) is 23.5 Å². The van der Waals surface area contributed by atoms with Crippen molar-refractivity contribution in [3.63, 3.8) is 0 Å². The third-order valence-corrected chi connectivity index (χ3v) is 3.77. The summed E-state index contributed by atoms with van der Waals surface area (Å²) < 4.78 is 38.2. The number of phenolic OH excluding ortho intramolecular Hbond substituents is 1. The second-order valence-electron chi connectivity index (χ2n) is 5.57. The van der Waals surface area contributed by atoms with Crippen molar-refractivity contribution in [1.29, 1.82) is 0 Å². The van der Waals surface area contributed by atoms with E-state index in [-0.39, 0.29) is 16.2 Å². The van der Waals surface area contributed by atoms with Crippen LogP contribution in [0.3, 0.4) is 0 Å². The summed E-state index contributed by atoms with van der Waals surface area (Å²) >= 11 is 0. The number of phenols is 1. The highest BCUT2D eigenvalue weighted by Crippen LogP contribution is 2.30. The summed E-state index contributed by atoms with van der Waals surface area (Å²) in [7, 11) is 0. The SMILES string of the molecule is CC(=Cc1cc2ccccc2cc1O)c1cc(C(F)(F)F)[n+]([O-])cn1. The lowest BCUT2D eigenvalue weighted by atomic mass is 10.0. The Kier molecular flexibility index (Phi) is 4.08. The summed E-state index contributed by atoms with van der Waals surface area (Å²) in [6.45, 7) is 1.56. The minimum Gasteiger partial charge on any atom is -0.711 e. The maximum Gasteiger partial charge on any atom is 0.454 e. The lowest BCUT2D eigenvalue weighted by Gasteiger charge is -2.11. The molecule has 1 heterocycles. The van der Waals surface area contributed by atoms with Crippen LogP contribution < -0.4 is 4.73 Å². The second-order valence-corrected chi connectivity index (χ2v) is 5.57. The second kappa shape index (κ2) is 6.08. The Hall–Kier alpha value is -3.09. The van der Waals surface area contributed by atoms with Crippen LogP contribution in [0.15, 0.2) is 48.8 Å². The van der Waals surface area contributed by atoms with Gasteiger partial charge in [0.05, 0.1) is 0 Å². The quantitative estimate of drug-likeness (QED) is 0.560. The van der Waals surface area contributed by atoms with E-state index in [1.165, 1.54) is 6.08 Å². The van der Waals surface area contributed by atoms with Gasteiger partial charge in [-0.1, -0.05) is 24.3 Å². The van der Waals surface area contributed by atoms with E-state index < -0.39 is 11.9 Å². The van der Waals surface area contributed by atoms with Gasteiger partial charge in [0.15, 0.2) is 5.69 Å². The molecule has 0 saturated carbocycles. The van der Waals surface area contributed by atoms with Crippen molar-refractivity contribution in [2.45, 2.75) is 13.1 Å². The third kappa shape index (κ3) is 3.40. The van der Waals surface area contributed by atoms with Crippen LogP contribution in [-0.2, 0) is 6.18 Å².